The summed E-state index contributed by atoms with van der Waals surface area (Å²) in [6.45, 7) is 4.56. The minimum Gasteiger partial charge on any atom is -0.490 e. The van der Waals surface area contributed by atoms with Crippen LogP contribution in [0.1, 0.15) is 44.1 Å². The van der Waals surface area contributed by atoms with Crippen LogP contribution in [-0.4, -0.2) is 60.7 Å². The van der Waals surface area contributed by atoms with Gasteiger partial charge in [0.1, 0.15) is 5.75 Å². The Hall–Kier alpha value is -1.59. The van der Waals surface area contributed by atoms with Crippen molar-refractivity contribution in [2.24, 2.45) is 0 Å². The molecule has 1 amide bonds. The third kappa shape index (κ3) is 4.04. The van der Waals surface area contributed by atoms with Gasteiger partial charge in [-0.15, -0.1) is 0 Å². The molecule has 3 aliphatic rings. The molecule has 2 saturated heterocycles. The molecular formula is C21H30N2O3. The highest BCUT2D eigenvalue weighted by atomic mass is 16.5. The SMILES string of the molecule is O=C([C@@H]1CCCN1Cc1ccccc1OC1CCCC1)N1CCOCC1. The molecule has 26 heavy (non-hydrogen) atoms. The predicted octanol–water partition coefficient (Wildman–Crippen LogP) is 2.83. The number of ether oxygens (including phenoxy) is 2. The van der Waals surface area contributed by atoms with Crippen molar-refractivity contribution in [1.82, 2.24) is 9.80 Å². The van der Waals surface area contributed by atoms with E-state index >= 15 is 0 Å². The zero-order valence-electron chi connectivity index (χ0n) is 15.6. The lowest BCUT2D eigenvalue weighted by molar-refractivity contribution is -0.140. The molecule has 1 aromatic carbocycles. The molecule has 2 aliphatic heterocycles. The second-order valence-corrected chi connectivity index (χ2v) is 7.70. The van der Waals surface area contributed by atoms with Gasteiger partial charge in [-0.25, -0.2) is 0 Å². The Morgan fingerprint density at radius 2 is 1.81 bits per heavy atom. The molecule has 142 valence electrons. The number of para-hydroxylation sites is 1. The fourth-order valence-electron chi connectivity index (χ4n) is 4.44. The van der Waals surface area contributed by atoms with Gasteiger partial charge < -0.3 is 14.4 Å². The fraction of sp³-hybridized carbons (Fsp3) is 0.667. The molecule has 1 saturated carbocycles. The standard InChI is InChI=1S/C21H30N2O3/c24-21(22-12-14-25-15-13-22)19-9-5-11-23(19)16-17-6-1-4-10-20(17)26-18-7-2-3-8-18/h1,4,6,10,18-19H,2-3,5,7-9,11-16H2/t19-/m0/s1. The summed E-state index contributed by atoms with van der Waals surface area (Å²) in [5.74, 6) is 1.28. The Labute approximate surface area is 156 Å². The molecule has 0 radical (unpaired) electrons. The lowest BCUT2D eigenvalue weighted by atomic mass is 10.1. The van der Waals surface area contributed by atoms with Crippen LogP contribution < -0.4 is 4.74 Å². The number of amides is 1. The van der Waals surface area contributed by atoms with E-state index in [0.717, 1.165) is 57.6 Å². The van der Waals surface area contributed by atoms with Gasteiger partial charge >= 0.3 is 0 Å². The van der Waals surface area contributed by atoms with Gasteiger partial charge in [0.05, 0.1) is 25.4 Å². The molecule has 5 heteroatoms. The number of benzene rings is 1. The summed E-state index contributed by atoms with van der Waals surface area (Å²) in [5.41, 5.74) is 1.21. The molecule has 0 spiro atoms. The quantitative estimate of drug-likeness (QED) is 0.812. The van der Waals surface area contributed by atoms with Gasteiger partial charge in [0.2, 0.25) is 5.91 Å². The van der Waals surface area contributed by atoms with E-state index in [1.807, 2.05) is 11.0 Å². The van der Waals surface area contributed by atoms with Crippen molar-refractivity contribution < 1.29 is 14.3 Å². The maximum Gasteiger partial charge on any atom is 0.240 e. The van der Waals surface area contributed by atoms with Gasteiger partial charge in [-0.1, -0.05) is 18.2 Å². The second-order valence-electron chi connectivity index (χ2n) is 7.70. The molecule has 1 aliphatic carbocycles. The largest absolute Gasteiger partial charge is 0.490 e. The van der Waals surface area contributed by atoms with Crippen LogP contribution in [-0.2, 0) is 16.1 Å². The number of hydrogen-bond acceptors (Lipinski definition) is 4. The lowest BCUT2D eigenvalue weighted by Gasteiger charge is -2.32. The summed E-state index contributed by atoms with van der Waals surface area (Å²) >= 11 is 0. The Kier molecular flexibility index (Phi) is 5.75. The van der Waals surface area contributed by atoms with Gasteiger partial charge in [-0.3, -0.25) is 9.69 Å². The van der Waals surface area contributed by atoms with Crippen LogP contribution in [0.2, 0.25) is 0 Å². The highest BCUT2D eigenvalue weighted by molar-refractivity contribution is 5.82. The summed E-state index contributed by atoms with van der Waals surface area (Å²) < 4.78 is 11.7. The van der Waals surface area contributed by atoms with Crippen molar-refractivity contribution in [3.63, 3.8) is 0 Å². The maximum atomic E-state index is 13.0. The molecule has 1 atom stereocenters. The minimum atomic E-state index is 0.00707. The summed E-state index contributed by atoms with van der Waals surface area (Å²) in [4.78, 5) is 17.3. The summed E-state index contributed by atoms with van der Waals surface area (Å²) in [5, 5.41) is 0. The van der Waals surface area contributed by atoms with Crippen molar-refractivity contribution in [2.75, 3.05) is 32.8 Å². The molecule has 0 N–H and O–H groups in total. The second kappa shape index (κ2) is 8.40. The molecule has 4 rings (SSSR count). The first kappa shape index (κ1) is 17.8. The summed E-state index contributed by atoms with van der Waals surface area (Å²) in [7, 11) is 0. The van der Waals surface area contributed by atoms with Crippen molar-refractivity contribution in [3.8, 4) is 5.75 Å². The Bertz CT molecular complexity index is 609. The topological polar surface area (TPSA) is 42.0 Å². The molecule has 0 aromatic heterocycles. The van der Waals surface area contributed by atoms with Gasteiger partial charge in [0, 0.05) is 25.2 Å². The number of hydrogen-bond donors (Lipinski definition) is 0. The highest BCUT2D eigenvalue weighted by Gasteiger charge is 2.34. The van der Waals surface area contributed by atoms with Gasteiger partial charge in [0.15, 0.2) is 0 Å². The molecule has 5 nitrogen and oxygen atoms in total. The van der Waals surface area contributed by atoms with Crippen molar-refractivity contribution in [1.29, 1.82) is 0 Å². The van der Waals surface area contributed by atoms with Crippen LogP contribution in [0.3, 0.4) is 0 Å². The van der Waals surface area contributed by atoms with Crippen LogP contribution in [0.25, 0.3) is 0 Å². The van der Waals surface area contributed by atoms with E-state index in [1.54, 1.807) is 0 Å². The van der Waals surface area contributed by atoms with Crippen LogP contribution in [0, 0.1) is 0 Å². The fourth-order valence-corrected chi connectivity index (χ4v) is 4.44. The number of carbonyl (C=O) groups excluding carboxylic acids is 1. The van der Waals surface area contributed by atoms with Crippen molar-refractivity contribution in [2.45, 2.75) is 57.2 Å². The van der Waals surface area contributed by atoms with E-state index in [4.69, 9.17) is 9.47 Å². The molecule has 2 heterocycles. The van der Waals surface area contributed by atoms with E-state index in [1.165, 1.54) is 18.4 Å². The Morgan fingerprint density at radius 1 is 1.04 bits per heavy atom. The van der Waals surface area contributed by atoms with E-state index in [2.05, 4.69) is 23.1 Å². The number of morpholine rings is 1. The average molecular weight is 358 g/mol. The Morgan fingerprint density at radius 3 is 2.62 bits per heavy atom. The first-order valence-corrected chi connectivity index (χ1v) is 10.2. The molecular weight excluding hydrogens is 328 g/mol. The van der Waals surface area contributed by atoms with Gasteiger partial charge in [-0.05, 0) is 51.1 Å². The minimum absolute atomic E-state index is 0.00707. The van der Waals surface area contributed by atoms with E-state index in [-0.39, 0.29) is 11.9 Å². The van der Waals surface area contributed by atoms with E-state index < -0.39 is 0 Å². The molecule has 0 unspecified atom stereocenters. The van der Waals surface area contributed by atoms with Crippen LogP contribution in [0.15, 0.2) is 24.3 Å². The Balaban J connectivity index is 1.43. The summed E-state index contributed by atoms with van der Waals surface area (Å²) in [6, 6.07) is 8.37. The average Bonchev–Trinajstić information content (AvgIpc) is 3.35. The summed E-state index contributed by atoms with van der Waals surface area (Å²) in [6.07, 6.45) is 7.28. The first-order valence-electron chi connectivity index (χ1n) is 10.2. The van der Waals surface area contributed by atoms with Crippen LogP contribution >= 0.6 is 0 Å². The normalized spacial score (nSPS) is 24.9. The van der Waals surface area contributed by atoms with Crippen molar-refractivity contribution in [3.05, 3.63) is 29.8 Å². The van der Waals surface area contributed by atoms with E-state index in [0.29, 0.717) is 19.3 Å². The van der Waals surface area contributed by atoms with Gasteiger partial charge in [-0.2, -0.15) is 0 Å². The van der Waals surface area contributed by atoms with Crippen LogP contribution in [0.4, 0.5) is 0 Å². The molecule has 3 fully saturated rings. The van der Waals surface area contributed by atoms with Crippen LogP contribution in [0.5, 0.6) is 5.75 Å². The third-order valence-electron chi connectivity index (χ3n) is 5.91. The zero-order valence-corrected chi connectivity index (χ0v) is 15.6. The smallest absolute Gasteiger partial charge is 0.240 e. The monoisotopic (exact) mass is 358 g/mol. The highest BCUT2D eigenvalue weighted by Crippen LogP contribution is 2.29. The number of rotatable bonds is 5. The predicted molar refractivity (Wildman–Crippen MR) is 100 cm³/mol. The lowest BCUT2D eigenvalue weighted by Crippen LogP contribution is -2.49. The van der Waals surface area contributed by atoms with E-state index in [9.17, 15) is 4.79 Å². The number of carbonyl (C=O) groups is 1. The first-order chi connectivity index (χ1) is 12.8. The molecule has 1 aromatic rings. The van der Waals surface area contributed by atoms with Crippen molar-refractivity contribution >= 4 is 5.91 Å². The number of nitrogens with zero attached hydrogens (tertiary/aromatic N) is 2. The van der Waals surface area contributed by atoms with Gasteiger partial charge in [0.25, 0.3) is 0 Å². The third-order valence-corrected chi connectivity index (χ3v) is 5.91. The maximum absolute atomic E-state index is 13.0. The number of likely N-dealkylation sites (tertiary alicyclic amines) is 1. The zero-order chi connectivity index (χ0) is 17.8. The molecule has 0 bridgehead atoms.